The van der Waals surface area contributed by atoms with Crippen LogP contribution in [0.5, 0.6) is 0 Å². The van der Waals surface area contributed by atoms with Crippen LogP contribution in [0.4, 0.5) is 0 Å². The maximum atomic E-state index is 12.2. The zero-order chi connectivity index (χ0) is 14.8. The SMILES string of the molecule is CCN1CCCC(NS(=O)(=O)c2ccc(C(=O)O)s2)C1. The van der Waals surface area contributed by atoms with Crippen LogP contribution in [-0.4, -0.2) is 50.1 Å². The number of nitrogens with zero attached hydrogens (tertiary/aromatic N) is 1. The van der Waals surface area contributed by atoms with Crippen molar-refractivity contribution in [2.45, 2.75) is 30.0 Å². The Morgan fingerprint density at radius 3 is 2.90 bits per heavy atom. The van der Waals surface area contributed by atoms with Gasteiger partial charge in [0, 0.05) is 12.6 Å². The maximum absolute atomic E-state index is 12.2. The molecule has 1 unspecified atom stereocenters. The summed E-state index contributed by atoms with van der Waals surface area (Å²) in [5.41, 5.74) is 0. The monoisotopic (exact) mass is 318 g/mol. The molecule has 0 radical (unpaired) electrons. The highest BCUT2D eigenvalue weighted by Gasteiger charge is 2.26. The van der Waals surface area contributed by atoms with Gasteiger partial charge in [-0.25, -0.2) is 17.9 Å². The van der Waals surface area contributed by atoms with Crippen LogP contribution in [0.3, 0.4) is 0 Å². The fourth-order valence-corrected chi connectivity index (χ4v) is 4.72. The molecule has 2 rings (SSSR count). The predicted molar refractivity (Wildman–Crippen MR) is 76.7 cm³/mol. The fourth-order valence-electron chi connectivity index (χ4n) is 2.30. The number of thiophene rings is 1. The molecule has 1 saturated heterocycles. The maximum Gasteiger partial charge on any atom is 0.345 e. The van der Waals surface area contributed by atoms with E-state index >= 15 is 0 Å². The zero-order valence-corrected chi connectivity index (χ0v) is 12.8. The number of likely N-dealkylation sites (N-methyl/N-ethyl adjacent to an activating group) is 1. The highest BCUT2D eigenvalue weighted by atomic mass is 32.2. The minimum absolute atomic E-state index is 0.0317. The Hall–Kier alpha value is -0.960. The van der Waals surface area contributed by atoms with E-state index in [1.807, 2.05) is 0 Å². The van der Waals surface area contributed by atoms with Gasteiger partial charge in [-0.1, -0.05) is 6.92 Å². The number of hydrogen-bond donors (Lipinski definition) is 2. The summed E-state index contributed by atoms with van der Waals surface area (Å²) in [4.78, 5) is 13.0. The summed E-state index contributed by atoms with van der Waals surface area (Å²) in [6.45, 7) is 4.65. The lowest BCUT2D eigenvalue weighted by molar-refractivity contribution is 0.0702. The van der Waals surface area contributed by atoms with Gasteiger partial charge in [0.25, 0.3) is 0 Å². The number of nitrogens with one attached hydrogen (secondary N) is 1. The van der Waals surface area contributed by atoms with Gasteiger partial charge in [0.05, 0.1) is 0 Å². The van der Waals surface area contributed by atoms with Gasteiger partial charge >= 0.3 is 5.97 Å². The molecule has 8 heteroatoms. The van der Waals surface area contributed by atoms with Crippen LogP contribution in [0.1, 0.15) is 29.4 Å². The molecule has 112 valence electrons. The van der Waals surface area contributed by atoms with Crippen LogP contribution >= 0.6 is 11.3 Å². The Balaban J connectivity index is 2.08. The Kier molecular flexibility index (Phi) is 4.79. The third-order valence-electron chi connectivity index (χ3n) is 3.33. The first-order valence-corrected chi connectivity index (χ1v) is 8.80. The topological polar surface area (TPSA) is 86.7 Å². The van der Waals surface area contributed by atoms with Crippen molar-refractivity contribution >= 4 is 27.3 Å². The number of rotatable bonds is 5. The number of hydrogen-bond acceptors (Lipinski definition) is 5. The average molecular weight is 318 g/mol. The van der Waals surface area contributed by atoms with Crippen LogP contribution in [0.2, 0.25) is 0 Å². The summed E-state index contributed by atoms with van der Waals surface area (Å²) in [6.07, 6.45) is 1.78. The molecule has 1 aliphatic heterocycles. The predicted octanol–water partition coefficient (Wildman–Crippen LogP) is 1.21. The highest BCUT2D eigenvalue weighted by Crippen LogP contribution is 2.22. The zero-order valence-electron chi connectivity index (χ0n) is 11.2. The number of piperidine rings is 1. The van der Waals surface area contributed by atoms with Gasteiger partial charge in [0.15, 0.2) is 0 Å². The van der Waals surface area contributed by atoms with E-state index in [2.05, 4.69) is 16.5 Å². The summed E-state index contributed by atoms with van der Waals surface area (Å²) >= 11 is 0.779. The van der Waals surface area contributed by atoms with E-state index in [1.165, 1.54) is 12.1 Å². The second-order valence-corrected chi connectivity index (χ2v) is 7.80. The van der Waals surface area contributed by atoms with Crippen molar-refractivity contribution in [1.29, 1.82) is 0 Å². The van der Waals surface area contributed by atoms with Crippen molar-refractivity contribution in [3.8, 4) is 0 Å². The van der Waals surface area contributed by atoms with Crippen molar-refractivity contribution in [1.82, 2.24) is 9.62 Å². The normalized spacial score (nSPS) is 20.9. The van der Waals surface area contributed by atoms with Crippen molar-refractivity contribution in [2.75, 3.05) is 19.6 Å². The van der Waals surface area contributed by atoms with Crippen molar-refractivity contribution in [3.05, 3.63) is 17.0 Å². The first-order chi connectivity index (χ1) is 9.42. The largest absolute Gasteiger partial charge is 0.477 e. The van der Waals surface area contributed by atoms with E-state index in [1.54, 1.807) is 0 Å². The second kappa shape index (κ2) is 6.21. The van der Waals surface area contributed by atoms with Crippen LogP contribution in [-0.2, 0) is 10.0 Å². The van der Waals surface area contributed by atoms with Gasteiger partial charge in [0.1, 0.15) is 9.09 Å². The van der Waals surface area contributed by atoms with E-state index in [0.29, 0.717) is 6.54 Å². The van der Waals surface area contributed by atoms with E-state index in [-0.39, 0.29) is 15.1 Å². The molecule has 0 aliphatic carbocycles. The van der Waals surface area contributed by atoms with Crippen molar-refractivity contribution < 1.29 is 18.3 Å². The van der Waals surface area contributed by atoms with Gasteiger partial charge in [-0.3, -0.25) is 0 Å². The number of carboxylic acids is 1. The van der Waals surface area contributed by atoms with E-state index in [4.69, 9.17) is 5.11 Å². The molecule has 6 nitrogen and oxygen atoms in total. The molecule has 1 atom stereocenters. The molecule has 20 heavy (non-hydrogen) atoms. The van der Waals surface area contributed by atoms with Crippen LogP contribution in [0, 0.1) is 0 Å². The third kappa shape index (κ3) is 3.57. The third-order valence-corrected chi connectivity index (χ3v) is 6.42. The van der Waals surface area contributed by atoms with Crippen LogP contribution in [0.25, 0.3) is 0 Å². The summed E-state index contributed by atoms with van der Waals surface area (Å²) in [6, 6.07) is 2.56. The lowest BCUT2D eigenvalue weighted by Gasteiger charge is -2.31. The molecular formula is C12H18N2O4S2. The first-order valence-electron chi connectivity index (χ1n) is 6.50. The van der Waals surface area contributed by atoms with Crippen molar-refractivity contribution in [3.63, 3.8) is 0 Å². The Morgan fingerprint density at radius 2 is 2.30 bits per heavy atom. The summed E-state index contributed by atoms with van der Waals surface area (Å²) in [5, 5.41) is 8.84. The van der Waals surface area contributed by atoms with Crippen LogP contribution in [0.15, 0.2) is 16.3 Å². The summed E-state index contributed by atoms with van der Waals surface area (Å²) < 4.78 is 27.2. The standard InChI is InChI=1S/C12H18N2O4S2/c1-2-14-7-3-4-9(8-14)13-20(17,18)11-6-5-10(19-11)12(15)16/h5-6,9,13H,2-4,7-8H2,1H3,(H,15,16). The van der Waals surface area contributed by atoms with Gasteiger partial charge in [-0.05, 0) is 38.1 Å². The minimum atomic E-state index is -3.63. The number of sulfonamides is 1. The Bertz CT molecular complexity index is 582. The Morgan fingerprint density at radius 1 is 1.55 bits per heavy atom. The minimum Gasteiger partial charge on any atom is -0.477 e. The lowest BCUT2D eigenvalue weighted by atomic mass is 10.1. The molecule has 2 N–H and O–H groups in total. The molecule has 0 bridgehead atoms. The molecule has 0 aromatic carbocycles. The molecule has 1 fully saturated rings. The second-order valence-electron chi connectivity index (χ2n) is 4.78. The molecule has 0 amide bonds. The smallest absolute Gasteiger partial charge is 0.345 e. The molecule has 1 aliphatic rings. The number of aromatic carboxylic acids is 1. The fraction of sp³-hybridized carbons (Fsp3) is 0.583. The average Bonchev–Trinajstić information content (AvgIpc) is 2.89. The molecule has 1 aromatic heterocycles. The van der Waals surface area contributed by atoms with Gasteiger partial charge in [0.2, 0.25) is 10.0 Å². The highest BCUT2D eigenvalue weighted by molar-refractivity contribution is 7.91. The summed E-state index contributed by atoms with van der Waals surface area (Å²) in [7, 11) is -3.63. The van der Waals surface area contributed by atoms with Gasteiger partial charge in [-0.2, -0.15) is 0 Å². The summed E-state index contributed by atoms with van der Waals surface area (Å²) in [5.74, 6) is -1.11. The van der Waals surface area contributed by atoms with E-state index in [9.17, 15) is 13.2 Å². The molecule has 0 saturated carbocycles. The van der Waals surface area contributed by atoms with Crippen molar-refractivity contribution in [2.24, 2.45) is 0 Å². The number of carboxylic acid groups (broad SMARTS) is 1. The molecule has 0 spiro atoms. The van der Waals surface area contributed by atoms with Gasteiger partial charge < -0.3 is 10.0 Å². The molecular weight excluding hydrogens is 300 g/mol. The van der Waals surface area contributed by atoms with Gasteiger partial charge in [-0.15, -0.1) is 11.3 Å². The van der Waals surface area contributed by atoms with Crippen LogP contribution < -0.4 is 4.72 Å². The van der Waals surface area contributed by atoms with E-state index in [0.717, 1.165) is 37.3 Å². The first kappa shape index (κ1) is 15.4. The molecule has 2 heterocycles. The molecule has 1 aromatic rings. The van der Waals surface area contributed by atoms with E-state index < -0.39 is 16.0 Å². The number of likely N-dealkylation sites (tertiary alicyclic amines) is 1. The Labute approximate surface area is 122 Å². The quantitative estimate of drug-likeness (QED) is 0.852. The lowest BCUT2D eigenvalue weighted by Crippen LogP contribution is -2.47. The number of carbonyl (C=O) groups is 1.